The molecule has 0 aliphatic carbocycles. The van der Waals surface area contributed by atoms with Gasteiger partial charge in [0.15, 0.2) is 6.10 Å². The summed E-state index contributed by atoms with van der Waals surface area (Å²) in [4.78, 5) is 29.8. The third kappa shape index (κ3) is 4.33. The first-order valence-corrected chi connectivity index (χ1v) is 9.91. The summed E-state index contributed by atoms with van der Waals surface area (Å²) in [6.45, 7) is 2.68. The normalized spacial score (nSPS) is 14.6. The van der Waals surface area contributed by atoms with E-state index in [2.05, 4.69) is 4.98 Å². The Kier molecular flexibility index (Phi) is 5.75. The van der Waals surface area contributed by atoms with Crippen LogP contribution >= 0.6 is 0 Å². The first-order chi connectivity index (χ1) is 14.6. The quantitative estimate of drug-likeness (QED) is 0.588. The van der Waals surface area contributed by atoms with E-state index >= 15 is 0 Å². The van der Waals surface area contributed by atoms with Gasteiger partial charge in [-0.25, -0.2) is 4.98 Å². The molecule has 1 aliphatic rings. The van der Waals surface area contributed by atoms with Crippen LogP contribution in [0, 0.1) is 0 Å². The van der Waals surface area contributed by atoms with E-state index in [0.29, 0.717) is 13.1 Å². The standard InChI is InChI=1S/C24H23N3O3/c1-18(28)30-24(20-7-3-2-4-8-20)22-15-25-17-26(22)16-19-10-12-21(13-11-19)27-14-6-5-9-23(27)29/h2-5,7-13,15,17,24H,6,14,16H2,1H3. The molecule has 6 nitrogen and oxygen atoms in total. The molecule has 2 aromatic carbocycles. The monoisotopic (exact) mass is 401 g/mol. The highest BCUT2D eigenvalue weighted by molar-refractivity contribution is 6.02. The summed E-state index contributed by atoms with van der Waals surface area (Å²) in [5.41, 5.74) is 3.65. The van der Waals surface area contributed by atoms with Gasteiger partial charge in [-0.2, -0.15) is 0 Å². The highest BCUT2D eigenvalue weighted by atomic mass is 16.5. The minimum atomic E-state index is -0.525. The zero-order valence-corrected chi connectivity index (χ0v) is 16.8. The Balaban J connectivity index is 1.56. The summed E-state index contributed by atoms with van der Waals surface area (Å²) in [7, 11) is 0. The zero-order chi connectivity index (χ0) is 20.9. The average Bonchev–Trinajstić information content (AvgIpc) is 3.21. The molecule has 1 aromatic heterocycles. The molecule has 3 aromatic rings. The smallest absolute Gasteiger partial charge is 0.303 e. The van der Waals surface area contributed by atoms with E-state index in [-0.39, 0.29) is 11.9 Å². The van der Waals surface area contributed by atoms with Gasteiger partial charge < -0.3 is 14.2 Å². The Hall–Kier alpha value is -3.67. The van der Waals surface area contributed by atoms with Crippen molar-refractivity contribution < 1.29 is 14.3 Å². The molecule has 0 bridgehead atoms. The van der Waals surface area contributed by atoms with Crippen LogP contribution in [0.1, 0.15) is 36.3 Å². The van der Waals surface area contributed by atoms with Crippen molar-refractivity contribution in [1.82, 2.24) is 9.55 Å². The van der Waals surface area contributed by atoms with Crippen LogP contribution < -0.4 is 4.90 Å². The number of rotatable bonds is 6. The van der Waals surface area contributed by atoms with E-state index in [9.17, 15) is 9.59 Å². The zero-order valence-electron chi connectivity index (χ0n) is 16.8. The lowest BCUT2D eigenvalue weighted by Gasteiger charge is -2.24. The number of hydrogen-bond acceptors (Lipinski definition) is 4. The molecule has 0 saturated carbocycles. The van der Waals surface area contributed by atoms with E-state index in [4.69, 9.17) is 4.74 Å². The second-order valence-electron chi connectivity index (χ2n) is 7.19. The molecule has 6 heteroatoms. The second-order valence-corrected chi connectivity index (χ2v) is 7.19. The predicted molar refractivity (Wildman–Crippen MR) is 114 cm³/mol. The summed E-state index contributed by atoms with van der Waals surface area (Å²) >= 11 is 0. The van der Waals surface area contributed by atoms with Crippen molar-refractivity contribution >= 4 is 17.6 Å². The SMILES string of the molecule is CC(=O)OC(c1ccccc1)c1cncn1Cc1ccc(N2CCC=CC2=O)cc1. The Labute approximate surface area is 175 Å². The lowest BCUT2D eigenvalue weighted by atomic mass is 10.1. The maximum absolute atomic E-state index is 12.1. The molecule has 0 fully saturated rings. The molecule has 0 radical (unpaired) electrons. The van der Waals surface area contributed by atoms with Crippen LogP contribution in [0.4, 0.5) is 5.69 Å². The summed E-state index contributed by atoms with van der Waals surface area (Å²) in [6, 6.07) is 17.6. The molecular formula is C24H23N3O3. The second kappa shape index (κ2) is 8.78. The summed E-state index contributed by atoms with van der Waals surface area (Å²) in [6.07, 6.45) is 7.33. The fourth-order valence-corrected chi connectivity index (χ4v) is 3.60. The molecule has 1 aliphatic heterocycles. The van der Waals surface area contributed by atoms with Crippen LogP contribution in [0.5, 0.6) is 0 Å². The van der Waals surface area contributed by atoms with Crippen molar-refractivity contribution in [3.63, 3.8) is 0 Å². The molecule has 0 spiro atoms. The molecule has 2 heterocycles. The molecule has 4 rings (SSSR count). The molecule has 1 amide bonds. The van der Waals surface area contributed by atoms with Gasteiger partial charge in [-0.15, -0.1) is 0 Å². The van der Waals surface area contributed by atoms with E-state index < -0.39 is 6.10 Å². The first kappa shape index (κ1) is 19.6. The van der Waals surface area contributed by atoms with Crippen molar-refractivity contribution in [2.75, 3.05) is 11.4 Å². The van der Waals surface area contributed by atoms with Gasteiger partial charge in [-0.1, -0.05) is 48.5 Å². The van der Waals surface area contributed by atoms with Crippen LogP contribution in [-0.4, -0.2) is 28.0 Å². The van der Waals surface area contributed by atoms with Crippen molar-refractivity contribution in [2.24, 2.45) is 0 Å². The highest BCUT2D eigenvalue weighted by Gasteiger charge is 2.21. The largest absolute Gasteiger partial charge is 0.451 e. The number of benzene rings is 2. The number of carbonyl (C=O) groups excluding carboxylic acids is 2. The van der Waals surface area contributed by atoms with Crippen LogP contribution in [0.15, 0.2) is 79.3 Å². The van der Waals surface area contributed by atoms with Crippen molar-refractivity contribution in [3.8, 4) is 0 Å². The molecule has 0 N–H and O–H groups in total. The van der Waals surface area contributed by atoms with Gasteiger partial charge in [0.2, 0.25) is 0 Å². The topological polar surface area (TPSA) is 64.4 Å². The van der Waals surface area contributed by atoms with Gasteiger partial charge in [-0.3, -0.25) is 9.59 Å². The Morgan fingerprint density at radius 1 is 1.13 bits per heavy atom. The molecule has 152 valence electrons. The van der Waals surface area contributed by atoms with Gasteiger partial charge >= 0.3 is 5.97 Å². The minimum absolute atomic E-state index is 0.0120. The number of anilines is 1. The number of aromatic nitrogens is 2. The molecule has 1 atom stereocenters. The molecule has 30 heavy (non-hydrogen) atoms. The van der Waals surface area contributed by atoms with Gasteiger partial charge in [0.05, 0.1) is 18.2 Å². The van der Waals surface area contributed by atoms with Gasteiger partial charge in [-0.05, 0) is 35.8 Å². The number of esters is 1. The number of carbonyl (C=O) groups is 2. The summed E-state index contributed by atoms with van der Waals surface area (Å²) in [5.74, 6) is -0.334. The van der Waals surface area contributed by atoms with Gasteiger partial charge in [0.1, 0.15) is 0 Å². The summed E-state index contributed by atoms with van der Waals surface area (Å²) < 4.78 is 7.60. The fourth-order valence-electron chi connectivity index (χ4n) is 3.60. The van der Waals surface area contributed by atoms with Crippen molar-refractivity contribution in [3.05, 3.63) is 96.1 Å². The van der Waals surface area contributed by atoms with E-state index in [1.54, 1.807) is 23.5 Å². The number of hydrogen-bond donors (Lipinski definition) is 0. The molecular weight excluding hydrogens is 378 g/mol. The van der Waals surface area contributed by atoms with Crippen molar-refractivity contribution in [2.45, 2.75) is 26.0 Å². The van der Waals surface area contributed by atoms with Gasteiger partial charge in [0, 0.05) is 25.7 Å². The highest BCUT2D eigenvalue weighted by Crippen LogP contribution is 2.27. The maximum Gasteiger partial charge on any atom is 0.303 e. The van der Waals surface area contributed by atoms with Crippen LogP contribution in [0.2, 0.25) is 0 Å². The van der Waals surface area contributed by atoms with Crippen LogP contribution in [-0.2, 0) is 20.9 Å². The number of ether oxygens (including phenoxy) is 1. The Morgan fingerprint density at radius 2 is 1.90 bits per heavy atom. The molecule has 0 saturated heterocycles. The predicted octanol–water partition coefficient (Wildman–Crippen LogP) is 3.88. The Morgan fingerprint density at radius 3 is 2.60 bits per heavy atom. The lowest BCUT2D eigenvalue weighted by Crippen LogP contribution is -2.32. The lowest BCUT2D eigenvalue weighted by molar-refractivity contribution is -0.145. The maximum atomic E-state index is 12.1. The third-order valence-electron chi connectivity index (χ3n) is 5.05. The third-order valence-corrected chi connectivity index (χ3v) is 5.05. The first-order valence-electron chi connectivity index (χ1n) is 9.91. The van der Waals surface area contributed by atoms with Crippen LogP contribution in [0.25, 0.3) is 0 Å². The van der Waals surface area contributed by atoms with E-state index in [1.165, 1.54) is 6.92 Å². The number of nitrogens with zero attached hydrogens (tertiary/aromatic N) is 3. The van der Waals surface area contributed by atoms with Gasteiger partial charge in [0.25, 0.3) is 5.91 Å². The average molecular weight is 401 g/mol. The molecule has 1 unspecified atom stereocenters. The van der Waals surface area contributed by atoms with Crippen LogP contribution in [0.3, 0.4) is 0 Å². The number of amides is 1. The van der Waals surface area contributed by atoms with E-state index in [0.717, 1.165) is 28.9 Å². The minimum Gasteiger partial charge on any atom is -0.451 e. The van der Waals surface area contributed by atoms with Crippen molar-refractivity contribution in [1.29, 1.82) is 0 Å². The Bertz CT molecular complexity index is 1050. The summed E-state index contributed by atoms with van der Waals surface area (Å²) in [5, 5.41) is 0. The number of imidazole rings is 1. The fraction of sp³-hybridized carbons (Fsp3) is 0.208. The van der Waals surface area contributed by atoms with E-state index in [1.807, 2.05) is 65.2 Å².